The van der Waals surface area contributed by atoms with Crippen LogP contribution in [0.15, 0.2) is 48.0 Å². The van der Waals surface area contributed by atoms with Gasteiger partial charge in [0.2, 0.25) is 0 Å². The maximum Gasteiger partial charge on any atom is 0.341 e. The third-order valence-corrected chi connectivity index (χ3v) is 3.98. The summed E-state index contributed by atoms with van der Waals surface area (Å²) >= 11 is 5.97. The zero-order valence-electron chi connectivity index (χ0n) is 12.7. The van der Waals surface area contributed by atoms with Crippen molar-refractivity contribution in [1.29, 1.82) is 0 Å². The van der Waals surface area contributed by atoms with Gasteiger partial charge in [0.05, 0.1) is 12.7 Å². The molecule has 1 unspecified atom stereocenters. The number of fused-ring (bicyclic) bond motifs is 1. The van der Waals surface area contributed by atoms with Crippen LogP contribution in [0.4, 0.5) is 0 Å². The maximum absolute atomic E-state index is 12.2. The average Bonchev–Trinajstić information content (AvgIpc) is 2.55. The number of carbonyl (C=O) groups excluding carboxylic acids is 1. The molecule has 1 atom stereocenters. The quantitative estimate of drug-likeness (QED) is 0.837. The number of aryl methyl sites for hydroxylation is 1. The van der Waals surface area contributed by atoms with Crippen molar-refractivity contribution >= 4 is 23.3 Å². The number of hydrogen-bond acceptors (Lipinski definition) is 4. The Bertz CT molecular complexity index is 793. The Morgan fingerprint density at radius 3 is 2.57 bits per heavy atom. The lowest BCUT2D eigenvalue weighted by Gasteiger charge is -2.28. The molecule has 0 radical (unpaired) electrons. The van der Waals surface area contributed by atoms with E-state index in [4.69, 9.17) is 21.1 Å². The molecule has 4 nitrogen and oxygen atoms in total. The monoisotopic (exact) mass is 330 g/mol. The molecule has 2 aromatic carbocycles. The van der Waals surface area contributed by atoms with Gasteiger partial charge in [0.25, 0.3) is 0 Å². The molecule has 3 rings (SSSR count). The van der Waals surface area contributed by atoms with Crippen LogP contribution in [0.3, 0.4) is 0 Å². The minimum Gasteiger partial charge on any atom is -0.506 e. The van der Waals surface area contributed by atoms with Crippen molar-refractivity contribution in [3.05, 3.63) is 69.8 Å². The molecule has 118 valence electrons. The highest BCUT2D eigenvalue weighted by Crippen LogP contribution is 2.42. The Balaban J connectivity index is 2.17. The zero-order valence-corrected chi connectivity index (χ0v) is 13.4. The van der Waals surface area contributed by atoms with Crippen molar-refractivity contribution in [1.82, 2.24) is 0 Å². The Hall–Kier alpha value is -2.46. The summed E-state index contributed by atoms with van der Waals surface area (Å²) in [6.07, 6.45) is -0.739. The van der Waals surface area contributed by atoms with Crippen molar-refractivity contribution in [2.45, 2.75) is 13.0 Å². The second-order valence-electron chi connectivity index (χ2n) is 5.30. The highest BCUT2D eigenvalue weighted by atomic mass is 35.5. The predicted octanol–water partition coefficient (Wildman–Crippen LogP) is 4.22. The normalized spacial score (nSPS) is 16.6. The van der Waals surface area contributed by atoms with Gasteiger partial charge in [0.15, 0.2) is 6.10 Å². The summed E-state index contributed by atoms with van der Waals surface area (Å²) in [4.78, 5) is 12.2. The van der Waals surface area contributed by atoms with E-state index in [1.165, 1.54) is 7.11 Å². The molecule has 1 aliphatic rings. The number of ether oxygens (including phenoxy) is 2. The van der Waals surface area contributed by atoms with Crippen LogP contribution in [0.5, 0.6) is 5.75 Å². The van der Waals surface area contributed by atoms with Crippen LogP contribution in [-0.4, -0.2) is 18.2 Å². The highest BCUT2D eigenvalue weighted by Gasteiger charge is 2.35. The van der Waals surface area contributed by atoms with Crippen LogP contribution in [0.1, 0.15) is 22.8 Å². The fourth-order valence-corrected chi connectivity index (χ4v) is 2.71. The Morgan fingerprint density at radius 1 is 1.22 bits per heavy atom. The number of methoxy groups -OCH3 is 1. The third-order valence-electron chi connectivity index (χ3n) is 3.74. The Kier molecular flexibility index (Phi) is 4.01. The first kappa shape index (κ1) is 15.4. The molecule has 1 heterocycles. The summed E-state index contributed by atoms with van der Waals surface area (Å²) in [5, 5.41) is 11.0. The maximum atomic E-state index is 12.2. The summed E-state index contributed by atoms with van der Waals surface area (Å²) in [6, 6.07) is 12.4. The van der Waals surface area contributed by atoms with Gasteiger partial charge in [-0.15, -0.1) is 0 Å². The lowest BCUT2D eigenvalue weighted by atomic mass is 9.94. The van der Waals surface area contributed by atoms with Gasteiger partial charge in [-0.3, -0.25) is 0 Å². The highest BCUT2D eigenvalue weighted by molar-refractivity contribution is 6.30. The van der Waals surface area contributed by atoms with Crippen molar-refractivity contribution < 1.29 is 19.4 Å². The molecule has 1 N–H and O–H groups in total. The van der Waals surface area contributed by atoms with Gasteiger partial charge in [-0.2, -0.15) is 0 Å². The average molecular weight is 331 g/mol. The van der Waals surface area contributed by atoms with Gasteiger partial charge >= 0.3 is 5.97 Å². The molecule has 0 aromatic heterocycles. The molecule has 0 saturated heterocycles. The summed E-state index contributed by atoms with van der Waals surface area (Å²) < 4.78 is 10.8. The number of hydrogen-bond donors (Lipinski definition) is 1. The second-order valence-corrected chi connectivity index (χ2v) is 5.74. The van der Waals surface area contributed by atoms with Crippen molar-refractivity contribution in [3.8, 4) is 5.75 Å². The molecule has 0 fully saturated rings. The Labute approximate surface area is 138 Å². The number of esters is 1. The molecular formula is C18H15ClO4. The van der Waals surface area contributed by atoms with E-state index in [0.717, 1.165) is 11.1 Å². The molecule has 0 amide bonds. The summed E-state index contributed by atoms with van der Waals surface area (Å²) in [6.45, 7) is 1.97. The fraction of sp³-hybridized carbons (Fsp3) is 0.167. The van der Waals surface area contributed by atoms with Crippen LogP contribution in [0, 0.1) is 6.92 Å². The molecule has 5 heteroatoms. The van der Waals surface area contributed by atoms with Gasteiger partial charge in [0.1, 0.15) is 17.1 Å². The molecule has 0 spiro atoms. The number of carbonyl (C=O) groups is 1. The van der Waals surface area contributed by atoms with E-state index < -0.39 is 12.1 Å². The summed E-state index contributed by atoms with van der Waals surface area (Å²) in [5.74, 6) is -0.352. The molecule has 1 aliphatic heterocycles. The van der Waals surface area contributed by atoms with Crippen LogP contribution < -0.4 is 4.74 Å². The first-order valence-electron chi connectivity index (χ1n) is 7.06. The van der Waals surface area contributed by atoms with E-state index in [9.17, 15) is 9.90 Å². The number of benzene rings is 2. The number of aliphatic hydroxyl groups is 1. The number of rotatable bonds is 2. The summed E-state index contributed by atoms with van der Waals surface area (Å²) in [7, 11) is 1.27. The lowest BCUT2D eigenvalue weighted by Crippen LogP contribution is -2.23. The predicted molar refractivity (Wildman–Crippen MR) is 87.6 cm³/mol. The van der Waals surface area contributed by atoms with Crippen LogP contribution in [0.25, 0.3) is 5.76 Å². The van der Waals surface area contributed by atoms with E-state index in [1.54, 1.807) is 18.2 Å². The topological polar surface area (TPSA) is 55.8 Å². The van der Waals surface area contributed by atoms with E-state index in [2.05, 4.69) is 0 Å². The largest absolute Gasteiger partial charge is 0.506 e. The van der Waals surface area contributed by atoms with Crippen LogP contribution in [0.2, 0.25) is 5.02 Å². The molecule has 2 aromatic rings. The molecule has 0 saturated carbocycles. The SMILES string of the molecule is COC(=O)C1=C(O)c2cc(Cl)ccc2OC1c1ccc(C)cc1. The van der Waals surface area contributed by atoms with Gasteiger partial charge in [-0.1, -0.05) is 41.4 Å². The Morgan fingerprint density at radius 2 is 1.91 bits per heavy atom. The fourth-order valence-electron chi connectivity index (χ4n) is 2.53. The first-order valence-corrected chi connectivity index (χ1v) is 7.43. The van der Waals surface area contributed by atoms with Gasteiger partial charge < -0.3 is 14.6 Å². The number of aliphatic hydroxyl groups excluding tert-OH is 1. The van der Waals surface area contributed by atoms with E-state index in [1.807, 2.05) is 31.2 Å². The lowest BCUT2D eigenvalue weighted by molar-refractivity contribution is -0.137. The molecular weight excluding hydrogens is 316 g/mol. The third kappa shape index (κ3) is 2.78. The molecule has 23 heavy (non-hydrogen) atoms. The van der Waals surface area contributed by atoms with E-state index in [-0.39, 0.29) is 11.3 Å². The zero-order chi connectivity index (χ0) is 16.6. The van der Waals surface area contributed by atoms with Crippen molar-refractivity contribution in [3.63, 3.8) is 0 Å². The second kappa shape index (κ2) is 5.97. The van der Waals surface area contributed by atoms with E-state index >= 15 is 0 Å². The molecule has 0 aliphatic carbocycles. The number of halogens is 1. The van der Waals surface area contributed by atoms with Gasteiger partial charge in [-0.25, -0.2) is 4.79 Å². The van der Waals surface area contributed by atoms with Crippen molar-refractivity contribution in [2.75, 3.05) is 7.11 Å². The smallest absolute Gasteiger partial charge is 0.341 e. The first-order chi connectivity index (χ1) is 11.0. The van der Waals surface area contributed by atoms with Crippen LogP contribution in [-0.2, 0) is 9.53 Å². The molecule has 0 bridgehead atoms. The van der Waals surface area contributed by atoms with Crippen LogP contribution >= 0.6 is 11.6 Å². The van der Waals surface area contributed by atoms with Gasteiger partial charge in [0, 0.05) is 5.02 Å². The minimum absolute atomic E-state index is 0.0612. The standard InChI is InChI=1S/C18H15ClO4/c1-10-3-5-11(6-4-10)17-15(18(21)22-2)16(20)13-9-12(19)7-8-14(13)23-17/h3-9,17,20H,1-2H3. The van der Waals surface area contributed by atoms with Gasteiger partial charge in [-0.05, 0) is 30.7 Å². The minimum atomic E-state index is -0.739. The van der Waals surface area contributed by atoms with Crippen molar-refractivity contribution in [2.24, 2.45) is 0 Å². The summed E-state index contributed by atoms with van der Waals surface area (Å²) in [5.41, 5.74) is 2.28. The van der Waals surface area contributed by atoms with E-state index in [0.29, 0.717) is 16.3 Å².